The van der Waals surface area contributed by atoms with Crippen LogP contribution in [0.2, 0.25) is 0 Å². The molecule has 96 valence electrons. The van der Waals surface area contributed by atoms with Gasteiger partial charge in [0.1, 0.15) is 6.04 Å². The van der Waals surface area contributed by atoms with Gasteiger partial charge >= 0.3 is 0 Å². The number of amides is 3. The molecule has 1 aliphatic rings. The highest BCUT2D eigenvalue weighted by molar-refractivity contribution is 6.01. The number of unbranched alkanes of at least 4 members (excludes halogenated alkanes) is 1. The average Bonchev–Trinajstić information content (AvgIpc) is 2.29. The molecule has 0 saturated carbocycles. The Bertz CT molecular complexity index is 315. The summed E-state index contributed by atoms with van der Waals surface area (Å²) in [5, 5.41) is 4.92. The van der Waals surface area contributed by atoms with Crippen LogP contribution in [-0.4, -0.2) is 23.8 Å². The van der Waals surface area contributed by atoms with Gasteiger partial charge in [0, 0.05) is 12.3 Å². The summed E-state index contributed by atoms with van der Waals surface area (Å²) in [6.45, 7) is 3.93. The maximum absolute atomic E-state index is 11.8. The Morgan fingerprint density at radius 2 is 2.24 bits per heavy atom. The first kappa shape index (κ1) is 13.7. The number of rotatable bonds is 5. The zero-order valence-electron chi connectivity index (χ0n) is 10.4. The lowest BCUT2D eigenvalue weighted by atomic mass is 10.0. The molecule has 0 aromatic heterocycles. The van der Waals surface area contributed by atoms with Crippen LogP contribution in [0.25, 0.3) is 0 Å². The maximum Gasteiger partial charge on any atom is 0.249 e. The SMILES string of the molecule is CCCCC(C)C(=O)NC1CCC(=O)NC1=O. The van der Waals surface area contributed by atoms with Crippen LogP contribution in [-0.2, 0) is 14.4 Å². The van der Waals surface area contributed by atoms with Gasteiger partial charge in [-0.05, 0) is 12.8 Å². The van der Waals surface area contributed by atoms with Gasteiger partial charge in [-0.2, -0.15) is 0 Å². The van der Waals surface area contributed by atoms with Crippen molar-refractivity contribution in [1.29, 1.82) is 0 Å². The third kappa shape index (κ3) is 4.17. The fourth-order valence-corrected chi connectivity index (χ4v) is 1.79. The van der Waals surface area contributed by atoms with Crippen LogP contribution >= 0.6 is 0 Å². The number of carbonyl (C=O) groups excluding carboxylic acids is 3. The van der Waals surface area contributed by atoms with E-state index in [1.54, 1.807) is 0 Å². The molecule has 1 saturated heterocycles. The summed E-state index contributed by atoms with van der Waals surface area (Å²) in [4.78, 5) is 34.1. The molecule has 1 fully saturated rings. The van der Waals surface area contributed by atoms with Crippen molar-refractivity contribution in [1.82, 2.24) is 10.6 Å². The molecule has 3 amide bonds. The lowest BCUT2D eigenvalue weighted by Gasteiger charge is -2.23. The van der Waals surface area contributed by atoms with Crippen molar-refractivity contribution < 1.29 is 14.4 Å². The molecule has 2 N–H and O–H groups in total. The third-order valence-corrected chi connectivity index (χ3v) is 2.99. The lowest BCUT2D eigenvalue weighted by molar-refractivity contribution is -0.138. The van der Waals surface area contributed by atoms with Crippen LogP contribution in [0.15, 0.2) is 0 Å². The standard InChI is InChI=1S/C12H20N2O3/c1-3-4-5-8(2)11(16)13-9-6-7-10(15)14-12(9)17/h8-9H,3-7H2,1-2H3,(H,13,16)(H,14,15,17). The number of carbonyl (C=O) groups is 3. The zero-order chi connectivity index (χ0) is 12.8. The van der Waals surface area contributed by atoms with Gasteiger partial charge in [-0.15, -0.1) is 0 Å². The molecular formula is C12H20N2O3. The molecule has 5 heteroatoms. The second kappa shape index (κ2) is 6.37. The summed E-state index contributed by atoms with van der Waals surface area (Å²) >= 11 is 0. The Kier molecular flexibility index (Phi) is 5.12. The predicted molar refractivity (Wildman–Crippen MR) is 63.0 cm³/mol. The molecule has 0 bridgehead atoms. The van der Waals surface area contributed by atoms with Gasteiger partial charge in [0.2, 0.25) is 17.7 Å². The third-order valence-electron chi connectivity index (χ3n) is 2.99. The van der Waals surface area contributed by atoms with Gasteiger partial charge < -0.3 is 5.32 Å². The number of nitrogens with one attached hydrogen (secondary N) is 2. The zero-order valence-corrected chi connectivity index (χ0v) is 10.4. The normalized spacial score (nSPS) is 21.9. The van der Waals surface area contributed by atoms with Crippen LogP contribution in [0, 0.1) is 5.92 Å². The quantitative estimate of drug-likeness (QED) is 0.696. The fraction of sp³-hybridized carbons (Fsp3) is 0.750. The summed E-state index contributed by atoms with van der Waals surface area (Å²) in [6, 6.07) is -0.552. The van der Waals surface area contributed by atoms with E-state index in [1.807, 2.05) is 6.92 Å². The number of hydrogen-bond donors (Lipinski definition) is 2. The van der Waals surface area contributed by atoms with Crippen molar-refractivity contribution in [3.63, 3.8) is 0 Å². The molecule has 1 rings (SSSR count). The first-order valence-corrected chi connectivity index (χ1v) is 6.18. The van der Waals surface area contributed by atoms with E-state index in [4.69, 9.17) is 0 Å². The Balaban J connectivity index is 2.40. The van der Waals surface area contributed by atoms with E-state index in [0.717, 1.165) is 19.3 Å². The molecule has 1 aliphatic heterocycles. The largest absolute Gasteiger partial charge is 0.344 e. The Morgan fingerprint density at radius 3 is 2.82 bits per heavy atom. The molecule has 17 heavy (non-hydrogen) atoms. The van der Waals surface area contributed by atoms with E-state index in [2.05, 4.69) is 17.6 Å². The maximum atomic E-state index is 11.8. The van der Waals surface area contributed by atoms with E-state index in [0.29, 0.717) is 12.8 Å². The van der Waals surface area contributed by atoms with E-state index < -0.39 is 11.9 Å². The highest BCUT2D eigenvalue weighted by Crippen LogP contribution is 2.10. The van der Waals surface area contributed by atoms with Crippen molar-refractivity contribution in [3.05, 3.63) is 0 Å². The van der Waals surface area contributed by atoms with Gasteiger partial charge in [-0.25, -0.2) is 0 Å². The minimum absolute atomic E-state index is 0.0830. The van der Waals surface area contributed by atoms with E-state index in [1.165, 1.54) is 0 Å². The van der Waals surface area contributed by atoms with E-state index in [-0.39, 0.29) is 17.7 Å². The van der Waals surface area contributed by atoms with Crippen molar-refractivity contribution in [2.24, 2.45) is 5.92 Å². The summed E-state index contributed by atoms with van der Waals surface area (Å²) in [5.41, 5.74) is 0. The minimum Gasteiger partial charge on any atom is -0.344 e. The summed E-state index contributed by atoms with van der Waals surface area (Å²) in [7, 11) is 0. The fourth-order valence-electron chi connectivity index (χ4n) is 1.79. The van der Waals surface area contributed by atoms with E-state index in [9.17, 15) is 14.4 Å². The molecular weight excluding hydrogens is 220 g/mol. The highest BCUT2D eigenvalue weighted by Gasteiger charge is 2.28. The van der Waals surface area contributed by atoms with Crippen LogP contribution < -0.4 is 10.6 Å². The van der Waals surface area contributed by atoms with Gasteiger partial charge in [0.15, 0.2) is 0 Å². The van der Waals surface area contributed by atoms with Gasteiger partial charge in [-0.3, -0.25) is 19.7 Å². The molecule has 5 nitrogen and oxygen atoms in total. The van der Waals surface area contributed by atoms with Crippen molar-refractivity contribution in [3.8, 4) is 0 Å². The molecule has 0 aromatic rings. The first-order chi connectivity index (χ1) is 8.04. The molecule has 2 atom stereocenters. The van der Waals surface area contributed by atoms with Gasteiger partial charge in [-0.1, -0.05) is 26.7 Å². The second-order valence-electron chi connectivity index (χ2n) is 4.56. The lowest BCUT2D eigenvalue weighted by Crippen LogP contribution is -2.53. The average molecular weight is 240 g/mol. The topological polar surface area (TPSA) is 75.3 Å². The molecule has 0 radical (unpaired) electrons. The number of imide groups is 1. The Hall–Kier alpha value is -1.39. The molecule has 0 aliphatic carbocycles. The van der Waals surface area contributed by atoms with Crippen molar-refractivity contribution in [2.75, 3.05) is 0 Å². The summed E-state index contributed by atoms with van der Waals surface area (Å²) in [6.07, 6.45) is 3.58. The van der Waals surface area contributed by atoms with Crippen LogP contribution in [0.1, 0.15) is 46.0 Å². The van der Waals surface area contributed by atoms with Crippen molar-refractivity contribution in [2.45, 2.75) is 52.0 Å². The van der Waals surface area contributed by atoms with Crippen molar-refractivity contribution >= 4 is 17.7 Å². The minimum atomic E-state index is -0.552. The predicted octanol–water partition coefficient (Wildman–Crippen LogP) is 0.734. The smallest absolute Gasteiger partial charge is 0.249 e. The number of piperidine rings is 1. The summed E-state index contributed by atoms with van der Waals surface area (Å²) < 4.78 is 0. The van der Waals surface area contributed by atoms with Crippen LogP contribution in [0.5, 0.6) is 0 Å². The Morgan fingerprint density at radius 1 is 1.53 bits per heavy atom. The molecule has 2 unspecified atom stereocenters. The highest BCUT2D eigenvalue weighted by atomic mass is 16.2. The van der Waals surface area contributed by atoms with E-state index >= 15 is 0 Å². The summed E-state index contributed by atoms with van der Waals surface area (Å²) in [5.74, 6) is -0.842. The number of hydrogen-bond acceptors (Lipinski definition) is 3. The monoisotopic (exact) mass is 240 g/mol. The second-order valence-corrected chi connectivity index (χ2v) is 4.56. The molecule has 0 spiro atoms. The van der Waals surface area contributed by atoms with Gasteiger partial charge in [0.25, 0.3) is 0 Å². The first-order valence-electron chi connectivity index (χ1n) is 6.18. The van der Waals surface area contributed by atoms with Crippen LogP contribution in [0.3, 0.4) is 0 Å². The van der Waals surface area contributed by atoms with Gasteiger partial charge in [0.05, 0.1) is 0 Å². The molecule has 0 aromatic carbocycles. The van der Waals surface area contributed by atoms with Crippen LogP contribution in [0.4, 0.5) is 0 Å². The molecule has 1 heterocycles. The Labute approximate surface area is 101 Å².